The largest absolute Gasteiger partial charge is 0.451 e. The van der Waals surface area contributed by atoms with E-state index < -0.39 is 40.5 Å². The first-order valence-corrected chi connectivity index (χ1v) is 13.7. The summed E-state index contributed by atoms with van der Waals surface area (Å²) in [6, 6.07) is 3.66. The molecule has 0 fully saturated rings. The number of amides is 1. The Labute approximate surface area is 219 Å². The number of carbonyl (C=O) groups excluding carboxylic acids is 2. The van der Waals surface area contributed by atoms with E-state index in [0.717, 1.165) is 10.7 Å². The number of alkyl halides is 3. The molecule has 1 unspecified atom stereocenters. The third-order valence-electron chi connectivity index (χ3n) is 3.81. The standard InChI is InChI=1S/C17H19F3I3NO6S/c1-2-5-24(16(26)11-7-10(21)8-12(22)15(11)23)6-3-4-14(25)30-13(17(18,19)20)9-31(27,28)29/h7-8,13H,2-6,9H2,1H3,(H,27,28,29). The van der Waals surface area contributed by atoms with E-state index in [1.54, 1.807) is 6.07 Å². The van der Waals surface area contributed by atoms with E-state index in [1.165, 1.54) is 4.90 Å². The molecule has 0 spiro atoms. The molecule has 1 amide bonds. The Morgan fingerprint density at radius 3 is 2.32 bits per heavy atom. The van der Waals surface area contributed by atoms with Crippen LogP contribution in [0.2, 0.25) is 0 Å². The summed E-state index contributed by atoms with van der Waals surface area (Å²) < 4.78 is 75.5. The van der Waals surface area contributed by atoms with Crippen LogP contribution in [0.5, 0.6) is 0 Å². The molecule has 1 atom stereocenters. The summed E-state index contributed by atoms with van der Waals surface area (Å²) in [6.07, 6.45) is -7.89. The SMILES string of the molecule is CCCN(CCCC(=O)OC(CS(=O)(=O)O)C(F)(F)F)C(=O)c1cc(I)cc(I)c1I. The van der Waals surface area contributed by atoms with Gasteiger partial charge in [0, 0.05) is 30.2 Å². The number of ether oxygens (including phenoxy) is 1. The number of halogens is 6. The van der Waals surface area contributed by atoms with Crippen molar-refractivity contribution < 1.29 is 40.5 Å². The number of hydrogen-bond donors (Lipinski definition) is 1. The van der Waals surface area contributed by atoms with Crippen LogP contribution in [0, 0.1) is 10.7 Å². The molecule has 31 heavy (non-hydrogen) atoms. The van der Waals surface area contributed by atoms with Crippen LogP contribution in [0.4, 0.5) is 13.2 Å². The number of benzene rings is 1. The summed E-state index contributed by atoms with van der Waals surface area (Å²) in [5.74, 6) is -3.30. The summed E-state index contributed by atoms with van der Waals surface area (Å²) in [4.78, 5) is 26.3. The summed E-state index contributed by atoms with van der Waals surface area (Å²) in [7, 11) is -5.00. The molecule has 0 saturated carbocycles. The van der Waals surface area contributed by atoms with Crippen molar-refractivity contribution >= 4 is 89.8 Å². The zero-order valence-electron chi connectivity index (χ0n) is 16.1. The predicted octanol–water partition coefficient (Wildman–Crippen LogP) is 4.49. The van der Waals surface area contributed by atoms with Crippen LogP contribution in [0.3, 0.4) is 0 Å². The van der Waals surface area contributed by atoms with E-state index in [9.17, 15) is 31.2 Å². The minimum atomic E-state index is -5.14. The van der Waals surface area contributed by atoms with Crippen molar-refractivity contribution in [2.24, 2.45) is 0 Å². The second-order valence-electron chi connectivity index (χ2n) is 6.41. The van der Waals surface area contributed by atoms with Gasteiger partial charge >= 0.3 is 12.1 Å². The quantitative estimate of drug-likeness (QED) is 0.162. The highest BCUT2D eigenvalue weighted by Crippen LogP contribution is 2.26. The average molecular weight is 803 g/mol. The van der Waals surface area contributed by atoms with Gasteiger partial charge < -0.3 is 9.64 Å². The van der Waals surface area contributed by atoms with Crippen LogP contribution >= 0.6 is 67.8 Å². The minimum Gasteiger partial charge on any atom is -0.451 e. The second-order valence-corrected chi connectivity index (χ2v) is 11.4. The van der Waals surface area contributed by atoms with Crippen LogP contribution in [0.25, 0.3) is 0 Å². The second kappa shape index (κ2) is 12.5. The van der Waals surface area contributed by atoms with Crippen molar-refractivity contribution in [3.8, 4) is 0 Å². The summed E-state index contributed by atoms with van der Waals surface area (Å²) in [6.45, 7) is 2.36. The van der Waals surface area contributed by atoms with E-state index in [0.29, 0.717) is 18.5 Å². The van der Waals surface area contributed by atoms with Crippen LogP contribution < -0.4 is 0 Å². The lowest BCUT2D eigenvalue weighted by molar-refractivity contribution is -0.215. The van der Waals surface area contributed by atoms with Crippen molar-refractivity contribution in [1.29, 1.82) is 0 Å². The van der Waals surface area contributed by atoms with Gasteiger partial charge in [-0.15, -0.1) is 0 Å². The highest BCUT2D eigenvalue weighted by atomic mass is 127. The first kappa shape index (κ1) is 29.1. The topological polar surface area (TPSA) is 101 Å². The first-order valence-electron chi connectivity index (χ1n) is 8.80. The van der Waals surface area contributed by atoms with Gasteiger partial charge in [0.25, 0.3) is 16.0 Å². The lowest BCUT2D eigenvalue weighted by Crippen LogP contribution is -2.39. The Hall–Kier alpha value is 0.0500. The van der Waals surface area contributed by atoms with Gasteiger partial charge in [0.2, 0.25) is 6.10 Å². The van der Waals surface area contributed by atoms with E-state index in [2.05, 4.69) is 72.5 Å². The molecule has 0 aromatic heterocycles. The summed E-state index contributed by atoms with van der Waals surface area (Å²) in [5, 5.41) is 0. The molecule has 0 heterocycles. The van der Waals surface area contributed by atoms with Crippen molar-refractivity contribution in [2.75, 3.05) is 18.8 Å². The maximum absolute atomic E-state index is 13.0. The monoisotopic (exact) mass is 803 g/mol. The average Bonchev–Trinajstić information content (AvgIpc) is 2.61. The van der Waals surface area contributed by atoms with Gasteiger partial charge in [-0.25, -0.2) is 0 Å². The number of nitrogens with zero attached hydrogens (tertiary/aromatic N) is 1. The van der Waals surface area contributed by atoms with Gasteiger partial charge in [-0.2, -0.15) is 21.6 Å². The van der Waals surface area contributed by atoms with Crippen LogP contribution in [-0.2, 0) is 19.6 Å². The molecular weight excluding hydrogens is 784 g/mol. The van der Waals surface area contributed by atoms with Gasteiger partial charge in [0.05, 0.1) is 5.56 Å². The van der Waals surface area contributed by atoms with Crippen LogP contribution in [0.15, 0.2) is 12.1 Å². The van der Waals surface area contributed by atoms with Crippen molar-refractivity contribution in [3.63, 3.8) is 0 Å². The molecule has 14 heteroatoms. The fraction of sp³-hybridized carbons (Fsp3) is 0.529. The highest BCUT2D eigenvalue weighted by molar-refractivity contribution is 14.1. The van der Waals surface area contributed by atoms with E-state index in [-0.39, 0.29) is 18.9 Å². The van der Waals surface area contributed by atoms with Gasteiger partial charge in [0.1, 0.15) is 5.75 Å². The fourth-order valence-electron chi connectivity index (χ4n) is 2.49. The number of rotatable bonds is 10. The van der Waals surface area contributed by atoms with Crippen LogP contribution in [-0.4, -0.2) is 60.9 Å². The Balaban J connectivity index is 2.80. The van der Waals surface area contributed by atoms with E-state index >= 15 is 0 Å². The third kappa shape index (κ3) is 10.2. The van der Waals surface area contributed by atoms with Gasteiger partial charge in [0.15, 0.2) is 0 Å². The molecule has 1 aromatic rings. The molecule has 1 aromatic carbocycles. The molecule has 0 aliphatic rings. The maximum atomic E-state index is 13.0. The molecule has 176 valence electrons. The Kier molecular flexibility index (Phi) is 11.7. The van der Waals surface area contributed by atoms with Crippen molar-refractivity contribution in [1.82, 2.24) is 4.90 Å². The molecule has 0 aliphatic heterocycles. The van der Waals surface area contributed by atoms with E-state index in [4.69, 9.17) is 4.55 Å². The normalized spacial score (nSPS) is 13.0. The number of esters is 1. The Bertz CT molecular complexity index is 911. The molecule has 0 aliphatic carbocycles. The third-order valence-corrected chi connectivity index (χ3v) is 8.21. The molecule has 0 saturated heterocycles. The van der Waals surface area contributed by atoms with Gasteiger partial charge in [-0.3, -0.25) is 14.1 Å². The predicted molar refractivity (Wildman–Crippen MR) is 132 cm³/mol. The fourth-order valence-corrected chi connectivity index (χ4v) is 5.51. The molecule has 1 N–H and O–H groups in total. The number of carbonyl (C=O) groups is 2. The van der Waals surface area contributed by atoms with E-state index in [1.807, 2.05) is 13.0 Å². The van der Waals surface area contributed by atoms with Crippen molar-refractivity contribution in [2.45, 2.75) is 38.5 Å². The zero-order valence-corrected chi connectivity index (χ0v) is 23.4. The van der Waals surface area contributed by atoms with Crippen molar-refractivity contribution in [3.05, 3.63) is 28.4 Å². The maximum Gasteiger partial charge on any atom is 0.426 e. The van der Waals surface area contributed by atoms with Crippen LogP contribution in [0.1, 0.15) is 36.5 Å². The number of hydrogen-bond acceptors (Lipinski definition) is 5. The molecule has 0 radical (unpaired) electrons. The lowest BCUT2D eigenvalue weighted by Gasteiger charge is -2.23. The van der Waals surface area contributed by atoms with Gasteiger partial charge in [-0.1, -0.05) is 6.92 Å². The van der Waals surface area contributed by atoms with Gasteiger partial charge in [-0.05, 0) is 92.7 Å². The molecule has 1 rings (SSSR count). The molecule has 7 nitrogen and oxygen atoms in total. The lowest BCUT2D eigenvalue weighted by atomic mass is 10.2. The minimum absolute atomic E-state index is 0.0264. The molecule has 0 bridgehead atoms. The Morgan fingerprint density at radius 2 is 1.81 bits per heavy atom. The smallest absolute Gasteiger partial charge is 0.426 e. The first-order chi connectivity index (χ1) is 14.2. The summed E-state index contributed by atoms with van der Waals surface area (Å²) in [5.41, 5.74) is 0.498. The zero-order chi connectivity index (χ0) is 24.0. The molecular formula is C17H19F3I3NO6S. The summed E-state index contributed by atoms with van der Waals surface area (Å²) >= 11 is 6.29. The highest BCUT2D eigenvalue weighted by Gasteiger charge is 2.45. The Morgan fingerprint density at radius 1 is 1.19 bits per heavy atom.